The van der Waals surface area contributed by atoms with Gasteiger partial charge < -0.3 is 9.47 Å². The maximum absolute atomic E-state index is 13.2. The van der Waals surface area contributed by atoms with Crippen LogP contribution in [0.5, 0.6) is 5.75 Å². The highest BCUT2D eigenvalue weighted by Gasteiger charge is 2.46. The number of methoxy groups -OCH3 is 1. The highest BCUT2D eigenvalue weighted by molar-refractivity contribution is 7.93. The number of nitrogens with one attached hydrogen (secondary N) is 1. The Morgan fingerprint density at radius 3 is 2.30 bits per heavy atom. The molecule has 0 atom stereocenters. The van der Waals surface area contributed by atoms with E-state index in [1.807, 2.05) is 12.1 Å². The molecule has 0 aliphatic rings. The molecule has 3 rings (SSSR count). The summed E-state index contributed by atoms with van der Waals surface area (Å²) < 4.78 is 86.0. The van der Waals surface area contributed by atoms with E-state index < -0.39 is 15.5 Å². The molecule has 0 heterocycles. The molecule has 0 fully saturated rings. The molecule has 176 valence electrons. The van der Waals surface area contributed by atoms with E-state index in [2.05, 4.69) is 0 Å². The Morgan fingerprint density at radius 1 is 0.939 bits per heavy atom. The number of sulfonamides is 1. The largest absolute Gasteiger partial charge is 0.516 e. The lowest BCUT2D eigenvalue weighted by Crippen LogP contribution is -2.29. The summed E-state index contributed by atoms with van der Waals surface area (Å²) in [5, 5.41) is 0. The number of ether oxygens (including phenoxy) is 2. The summed E-state index contributed by atoms with van der Waals surface area (Å²) in [5.41, 5.74) is -2.51. The van der Waals surface area contributed by atoms with Crippen molar-refractivity contribution >= 4 is 15.7 Å². The molecule has 0 unspecified atom stereocenters. The highest BCUT2D eigenvalue weighted by Crippen LogP contribution is 2.28. The molecular formula is C23H21F4NO4S. The Labute approximate surface area is 189 Å². The highest BCUT2D eigenvalue weighted by atomic mass is 32.2. The van der Waals surface area contributed by atoms with Gasteiger partial charge in [-0.15, -0.1) is 0 Å². The maximum Gasteiger partial charge on any atom is 0.516 e. The van der Waals surface area contributed by atoms with Crippen LogP contribution in [0, 0.1) is 5.82 Å². The van der Waals surface area contributed by atoms with Crippen molar-refractivity contribution in [2.75, 3.05) is 18.4 Å². The van der Waals surface area contributed by atoms with Crippen LogP contribution >= 0.6 is 0 Å². The number of hydrogen-bond acceptors (Lipinski definition) is 4. The lowest BCUT2D eigenvalue weighted by atomic mass is 10.0. The summed E-state index contributed by atoms with van der Waals surface area (Å²) in [6.07, 6.45) is 0.349. The van der Waals surface area contributed by atoms with Crippen molar-refractivity contribution in [1.82, 2.24) is 0 Å². The number of rotatable bonds is 9. The average molecular weight is 483 g/mol. The summed E-state index contributed by atoms with van der Waals surface area (Å²) in [5.74, 6) is 0.288. The van der Waals surface area contributed by atoms with Gasteiger partial charge in [0.1, 0.15) is 11.6 Å². The molecule has 0 saturated carbocycles. The summed E-state index contributed by atoms with van der Waals surface area (Å²) in [4.78, 5) is 0. The third kappa shape index (κ3) is 6.45. The first-order valence-electron chi connectivity index (χ1n) is 9.78. The van der Waals surface area contributed by atoms with Crippen molar-refractivity contribution in [2.45, 2.75) is 18.5 Å². The lowest BCUT2D eigenvalue weighted by molar-refractivity contribution is -0.0429. The van der Waals surface area contributed by atoms with Gasteiger partial charge in [0.25, 0.3) is 0 Å². The molecule has 10 heteroatoms. The third-order valence-electron chi connectivity index (χ3n) is 4.73. The smallest absolute Gasteiger partial charge is 0.496 e. The van der Waals surface area contributed by atoms with Crippen molar-refractivity contribution in [1.29, 1.82) is 0 Å². The monoisotopic (exact) mass is 483 g/mol. The van der Waals surface area contributed by atoms with E-state index in [4.69, 9.17) is 9.47 Å². The Hall–Kier alpha value is -3.11. The van der Waals surface area contributed by atoms with E-state index in [1.54, 1.807) is 24.3 Å². The van der Waals surface area contributed by atoms with Gasteiger partial charge in [0.2, 0.25) is 0 Å². The van der Waals surface area contributed by atoms with Crippen molar-refractivity contribution in [2.24, 2.45) is 0 Å². The summed E-state index contributed by atoms with van der Waals surface area (Å²) in [7, 11) is -3.95. The first kappa shape index (κ1) is 24.5. The van der Waals surface area contributed by atoms with Crippen LogP contribution in [0.2, 0.25) is 0 Å². The number of anilines is 1. The Kier molecular flexibility index (Phi) is 7.60. The van der Waals surface area contributed by atoms with Crippen molar-refractivity contribution in [3.05, 3.63) is 83.7 Å². The van der Waals surface area contributed by atoms with Gasteiger partial charge in [-0.1, -0.05) is 30.3 Å². The Morgan fingerprint density at radius 2 is 1.64 bits per heavy atom. The standard InChI is InChI=1S/C23H21F4NO4S/c1-31-22-10-7-18(17-5-8-20(24)9-6-17)14-19(22)15-32-12-11-16-3-2-4-21(13-16)28-33(29,30)23(25,26)27/h2-10,13-14,28H,11-12,15H2,1H3. The molecule has 0 saturated heterocycles. The minimum atomic E-state index is -5.48. The van der Waals surface area contributed by atoms with E-state index >= 15 is 0 Å². The summed E-state index contributed by atoms with van der Waals surface area (Å²) in [6.45, 7) is 0.442. The van der Waals surface area contributed by atoms with Crippen LogP contribution < -0.4 is 9.46 Å². The van der Waals surface area contributed by atoms with Gasteiger partial charge in [-0.3, -0.25) is 4.72 Å². The molecule has 0 amide bonds. The molecule has 0 spiro atoms. The van der Waals surface area contributed by atoms with Gasteiger partial charge in [0, 0.05) is 11.3 Å². The van der Waals surface area contributed by atoms with E-state index in [0.717, 1.165) is 16.7 Å². The average Bonchev–Trinajstić information content (AvgIpc) is 2.76. The summed E-state index contributed by atoms with van der Waals surface area (Å²) in [6, 6.07) is 17.3. The first-order valence-corrected chi connectivity index (χ1v) is 11.3. The van der Waals surface area contributed by atoms with E-state index in [9.17, 15) is 26.0 Å². The predicted molar refractivity (Wildman–Crippen MR) is 117 cm³/mol. The molecule has 33 heavy (non-hydrogen) atoms. The SMILES string of the molecule is COc1ccc(-c2ccc(F)cc2)cc1COCCc1cccc(NS(=O)(=O)C(F)(F)F)c1. The van der Waals surface area contributed by atoms with Crippen LogP contribution in [0.1, 0.15) is 11.1 Å². The number of halogens is 4. The molecule has 0 bridgehead atoms. The van der Waals surface area contributed by atoms with E-state index in [1.165, 1.54) is 42.2 Å². The Balaban J connectivity index is 1.62. The van der Waals surface area contributed by atoms with Gasteiger partial charge >= 0.3 is 15.5 Å². The van der Waals surface area contributed by atoms with Gasteiger partial charge in [-0.2, -0.15) is 21.6 Å². The second-order valence-corrected chi connectivity index (χ2v) is 8.76. The molecule has 3 aromatic carbocycles. The molecule has 0 aromatic heterocycles. The second-order valence-electron chi connectivity index (χ2n) is 7.09. The molecule has 0 radical (unpaired) electrons. The number of hydrogen-bond donors (Lipinski definition) is 1. The van der Waals surface area contributed by atoms with Crippen molar-refractivity contribution in [3.63, 3.8) is 0 Å². The zero-order valence-electron chi connectivity index (χ0n) is 17.5. The van der Waals surface area contributed by atoms with E-state index in [-0.39, 0.29) is 24.7 Å². The normalized spacial score (nSPS) is 11.9. The zero-order valence-corrected chi connectivity index (χ0v) is 18.3. The fourth-order valence-electron chi connectivity index (χ4n) is 3.09. The van der Waals surface area contributed by atoms with Crippen molar-refractivity contribution < 1.29 is 35.5 Å². The van der Waals surface area contributed by atoms with E-state index in [0.29, 0.717) is 17.7 Å². The molecule has 3 aromatic rings. The number of alkyl halides is 3. The quantitative estimate of drug-likeness (QED) is 0.322. The fraction of sp³-hybridized carbons (Fsp3) is 0.217. The van der Waals surface area contributed by atoms with Crippen LogP contribution in [-0.2, 0) is 27.8 Å². The number of benzene rings is 3. The molecular weight excluding hydrogens is 462 g/mol. The topological polar surface area (TPSA) is 64.6 Å². The Bertz CT molecular complexity index is 1200. The molecule has 5 nitrogen and oxygen atoms in total. The lowest BCUT2D eigenvalue weighted by Gasteiger charge is -2.13. The molecule has 0 aliphatic carbocycles. The van der Waals surface area contributed by atoms with Gasteiger partial charge in [-0.25, -0.2) is 4.39 Å². The molecule has 1 N–H and O–H groups in total. The van der Waals surface area contributed by atoms with Crippen LogP contribution in [0.4, 0.5) is 23.2 Å². The van der Waals surface area contributed by atoms with Crippen LogP contribution in [0.3, 0.4) is 0 Å². The van der Waals surface area contributed by atoms with Crippen LogP contribution in [0.15, 0.2) is 66.7 Å². The minimum absolute atomic E-state index is 0.182. The van der Waals surface area contributed by atoms with Crippen LogP contribution in [-0.4, -0.2) is 27.6 Å². The second kappa shape index (κ2) is 10.2. The van der Waals surface area contributed by atoms with Gasteiger partial charge in [0.15, 0.2) is 0 Å². The summed E-state index contributed by atoms with van der Waals surface area (Å²) >= 11 is 0. The first-order chi connectivity index (χ1) is 15.6. The van der Waals surface area contributed by atoms with Gasteiger partial charge in [-0.05, 0) is 59.5 Å². The zero-order chi connectivity index (χ0) is 24.1. The third-order valence-corrected chi connectivity index (χ3v) is 5.85. The van der Waals surface area contributed by atoms with Gasteiger partial charge in [0.05, 0.1) is 20.3 Å². The maximum atomic E-state index is 13.2. The fourth-order valence-corrected chi connectivity index (χ4v) is 3.64. The van der Waals surface area contributed by atoms with Crippen molar-refractivity contribution in [3.8, 4) is 16.9 Å². The van der Waals surface area contributed by atoms with Crippen LogP contribution in [0.25, 0.3) is 11.1 Å². The minimum Gasteiger partial charge on any atom is -0.496 e. The molecule has 0 aliphatic heterocycles. The predicted octanol–water partition coefficient (Wildman–Crippen LogP) is 5.52.